The molecule has 3 rings (SSSR count). The highest BCUT2D eigenvalue weighted by atomic mass is 16.5. The molecule has 2 heterocycles. The third-order valence-corrected chi connectivity index (χ3v) is 4.62. The van der Waals surface area contributed by atoms with Crippen LogP contribution in [0.4, 0.5) is 0 Å². The molecular weight excluding hydrogens is 332 g/mol. The fraction of sp³-hybridized carbons (Fsp3) is 0.400. The van der Waals surface area contributed by atoms with Gasteiger partial charge in [0.1, 0.15) is 5.56 Å². The zero-order chi connectivity index (χ0) is 18.8. The molecule has 2 aromatic rings. The lowest BCUT2D eigenvalue weighted by Gasteiger charge is -2.29. The van der Waals surface area contributed by atoms with Crippen LogP contribution in [0.1, 0.15) is 42.7 Å². The Balaban J connectivity index is 2.17. The number of rotatable bonds is 5. The molecule has 0 fully saturated rings. The second-order valence-electron chi connectivity index (χ2n) is 6.35. The number of hydrogen-bond donors (Lipinski definition) is 1. The minimum Gasteiger partial charge on any atom is -0.493 e. The number of nitrogens with zero attached hydrogens (tertiary/aromatic N) is 1. The van der Waals surface area contributed by atoms with Crippen LogP contribution in [0.15, 0.2) is 29.2 Å². The van der Waals surface area contributed by atoms with Crippen LogP contribution in [0.2, 0.25) is 0 Å². The van der Waals surface area contributed by atoms with Crippen LogP contribution in [0.5, 0.6) is 11.5 Å². The Hall–Kier alpha value is -2.76. The zero-order valence-electron chi connectivity index (χ0n) is 15.6. The summed E-state index contributed by atoms with van der Waals surface area (Å²) in [5.74, 6) is 0.998. The van der Waals surface area contributed by atoms with E-state index in [4.69, 9.17) is 9.47 Å². The summed E-state index contributed by atoms with van der Waals surface area (Å²) in [6.45, 7) is 6.86. The third kappa shape index (κ3) is 3.07. The van der Waals surface area contributed by atoms with E-state index in [-0.39, 0.29) is 22.9 Å². The van der Waals surface area contributed by atoms with Crippen molar-refractivity contribution in [1.82, 2.24) is 9.88 Å². The Morgan fingerprint density at radius 3 is 2.69 bits per heavy atom. The summed E-state index contributed by atoms with van der Waals surface area (Å²) >= 11 is 0. The number of carbonyl (C=O) groups is 1. The molecule has 0 saturated heterocycles. The van der Waals surface area contributed by atoms with E-state index in [0.717, 1.165) is 23.2 Å². The number of benzene rings is 1. The van der Waals surface area contributed by atoms with Gasteiger partial charge in [-0.1, -0.05) is 0 Å². The van der Waals surface area contributed by atoms with E-state index in [1.54, 1.807) is 19.4 Å². The van der Waals surface area contributed by atoms with Crippen LogP contribution in [0.3, 0.4) is 0 Å². The van der Waals surface area contributed by atoms with Gasteiger partial charge in [-0.25, -0.2) is 0 Å². The van der Waals surface area contributed by atoms with Crippen molar-refractivity contribution < 1.29 is 14.3 Å². The minimum absolute atomic E-state index is 0.120. The van der Waals surface area contributed by atoms with Crippen molar-refractivity contribution >= 4 is 5.91 Å². The molecule has 1 aliphatic rings. The van der Waals surface area contributed by atoms with E-state index >= 15 is 0 Å². The van der Waals surface area contributed by atoms with E-state index in [1.165, 1.54) is 0 Å². The molecule has 0 radical (unpaired) electrons. The molecule has 0 saturated carbocycles. The molecule has 1 amide bonds. The fourth-order valence-electron chi connectivity index (χ4n) is 3.41. The molecule has 1 aromatic heterocycles. The monoisotopic (exact) mass is 356 g/mol. The molecule has 0 bridgehead atoms. The summed E-state index contributed by atoms with van der Waals surface area (Å²) < 4.78 is 13.1. The van der Waals surface area contributed by atoms with Gasteiger partial charge in [-0.05, 0) is 44.9 Å². The highest BCUT2D eigenvalue weighted by Crippen LogP contribution is 2.40. The van der Waals surface area contributed by atoms with E-state index in [2.05, 4.69) is 12.2 Å². The van der Waals surface area contributed by atoms with E-state index in [9.17, 15) is 9.59 Å². The first kappa shape index (κ1) is 18.0. The van der Waals surface area contributed by atoms with Crippen molar-refractivity contribution in [3.05, 3.63) is 45.7 Å². The smallest absolute Gasteiger partial charge is 0.256 e. The molecule has 1 unspecified atom stereocenters. The van der Waals surface area contributed by atoms with Gasteiger partial charge < -0.3 is 19.4 Å². The number of methoxy groups -OCH3 is 1. The van der Waals surface area contributed by atoms with Crippen LogP contribution in [0.25, 0.3) is 11.3 Å². The molecule has 0 spiro atoms. The van der Waals surface area contributed by atoms with Gasteiger partial charge in [0.05, 0.1) is 19.4 Å². The molecule has 6 heteroatoms. The van der Waals surface area contributed by atoms with Gasteiger partial charge in [0.25, 0.3) is 5.91 Å². The van der Waals surface area contributed by atoms with Crippen molar-refractivity contribution in [2.45, 2.75) is 33.2 Å². The van der Waals surface area contributed by atoms with Gasteiger partial charge in [-0.15, -0.1) is 0 Å². The highest BCUT2D eigenvalue weighted by Gasteiger charge is 2.25. The van der Waals surface area contributed by atoms with Crippen LogP contribution in [-0.4, -0.2) is 30.7 Å². The first-order valence-electron chi connectivity index (χ1n) is 8.88. The van der Waals surface area contributed by atoms with Crippen molar-refractivity contribution in [3.8, 4) is 22.8 Å². The Bertz CT molecular complexity index is 901. The maximum absolute atomic E-state index is 12.5. The van der Waals surface area contributed by atoms with Crippen molar-refractivity contribution in [1.29, 1.82) is 0 Å². The van der Waals surface area contributed by atoms with Crippen LogP contribution in [-0.2, 0) is 6.42 Å². The number of ether oxygens (including phenoxy) is 2. The molecule has 26 heavy (non-hydrogen) atoms. The van der Waals surface area contributed by atoms with E-state index < -0.39 is 0 Å². The SMILES string of the molecule is CCNC(=O)c1cn2c(cc1=O)-c1cc(OC)c(OCC)cc1CC2C. The van der Waals surface area contributed by atoms with Gasteiger partial charge in [0, 0.05) is 30.4 Å². The maximum Gasteiger partial charge on any atom is 0.256 e. The summed E-state index contributed by atoms with van der Waals surface area (Å²) in [5, 5.41) is 2.69. The molecule has 138 valence electrons. The van der Waals surface area contributed by atoms with Gasteiger partial charge in [-0.2, -0.15) is 0 Å². The largest absolute Gasteiger partial charge is 0.493 e. The summed E-state index contributed by atoms with van der Waals surface area (Å²) in [4.78, 5) is 24.7. The average molecular weight is 356 g/mol. The third-order valence-electron chi connectivity index (χ3n) is 4.62. The molecule has 1 aromatic carbocycles. The summed E-state index contributed by atoms with van der Waals surface area (Å²) in [6.07, 6.45) is 2.45. The molecule has 6 nitrogen and oxygen atoms in total. The molecular formula is C20H24N2O4. The van der Waals surface area contributed by atoms with Crippen molar-refractivity contribution in [3.63, 3.8) is 0 Å². The minimum atomic E-state index is -0.338. The highest BCUT2D eigenvalue weighted by molar-refractivity contribution is 5.94. The lowest BCUT2D eigenvalue weighted by atomic mass is 9.92. The predicted molar refractivity (Wildman–Crippen MR) is 100 cm³/mol. The summed E-state index contributed by atoms with van der Waals surface area (Å²) in [7, 11) is 1.60. The first-order chi connectivity index (χ1) is 12.5. The maximum atomic E-state index is 12.5. The van der Waals surface area contributed by atoms with Crippen LogP contribution in [0, 0.1) is 0 Å². The number of carbonyl (C=O) groups excluding carboxylic acids is 1. The van der Waals surface area contributed by atoms with Crippen molar-refractivity contribution in [2.24, 2.45) is 0 Å². The van der Waals surface area contributed by atoms with E-state index in [1.807, 2.05) is 30.5 Å². The van der Waals surface area contributed by atoms with Crippen molar-refractivity contribution in [2.75, 3.05) is 20.3 Å². The number of hydrogen-bond acceptors (Lipinski definition) is 4. The summed E-state index contributed by atoms with van der Waals surface area (Å²) in [6, 6.07) is 5.55. The second-order valence-corrected chi connectivity index (χ2v) is 6.35. The lowest BCUT2D eigenvalue weighted by molar-refractivity contribution is 0.0954. The summed E-state index contributed by atoms with van der Waals surface area (Å²) in [5.41, 5.74) is 2.71. The molecule has 1 atom stereocenters. The fourth-order valence-corrected chi connectivity index (χ4v) is 3.41. The Kier molecular flexibility index (Phi) is 5.02. The molecule has 1 N–H and O–H groups in total. The predicted octanol–water partition coefficient (Wildman–Crippen LogP) is 2.79. The number of nitrogens with one attached hydrogen (secondary N) is 1. The quantitative estimate of drug-likeness (QED) is 0.894. The molecule has 1 aliphatic heterocycles. The average Bonchev–Trinajstić information content (AvgIpc) is 2.61. The van der Waals surface area contributed by atoms with Crippen LogP contribution >= 0.6 is 0 Å². The van der Waals surface area contributed by atoms with Crippen LogP contribution < -0.4 is 20.2 Å². The number of fused-ring (bicyclic) bond motifs is 3. The zero-order valence-corrected chi connectivity index (χ0v) is 15.6. The standard InChI is InChI=1S/C20H24N2O4/c1-5-21-20(24)15-11-22-12(3)7-13-8-19(26-6-2)18(25-4)9-14(13)16(22)10-17(15)23/h8-12H,5-7H2,1-4H3,(H,21,24). The van der Waals surface area contributed by atoms with Gasteiger partial charge in [-0.3, -0.25) is 9.59 Å². The Labute approximate surface area is 152 Å². The first-order valence-corrected chi connectivity index (χ1v) is 8.88. The second kappa shape index (κ2) is 7.23. The lowest BCUT2D eigenvalue weighted by Crippen LogP contribution is -2.31. The topological polar surface area (TPSA) is 69.6 Å². The molecule has 0 aliphatic carbocycles. The number of aromatic nitrogens is 1. The number of amides is 1. The van der Waals surface area contributed by atoms with E-state index in [0.29, 0.717) is 24.7 Å². The van der Waals surface area contributed by atoms with Gasteiger partial charge in [0.2, 0.25) is 0 Å². The number of pyridine rings is 1. The Morgan fingerprint density at radius 1 is 1.27 bits per heavy atom. The van der Waals surface area contributed by atoms with Gasteiger partial charge >= 0.3 is 0 Å². The normalized spacial score (nSPS) is 15.0. The van der Waals surface area contributed by atoms with Gasteiger partial charge in [0.15, 0.2) is 16.9 Å². The Morgan fingerprint density at radius 2 is 2.04 bits per heavy atom.